The minimum absolute atomic E-state index is 0.0752. The fraction of sp³-hybridized carbons (Fsp3) is 0.263. The molecule has 2 aromatic carbocycles. The number of esters is 1. The van der Waals surface area contributed by atoms with Gasteiger partial charge in [0.05, 0.1) is 4.90 Å². The SMILES string of the molecule is CC[C@@H](Oc1ccccc1)C(=O)O[C@@H](C)C(=O)Nc1ccc(S(N)(=O)=O)cc1. The molecule has 0 heterocycles. The van der Waals surface area contributed by atoms with Gasteiger partial charge >= 0.3 is 5.97 Å². The summed E-state index contributed by atoms with van der Waals surface area (Å²) in [6, 6.07) is 14.1. The number of hydrogen-bond acceptors (Lipinski definition) is 6. The number of anilines is 1. The summed E-state index contributed by atoms with van der Waals surface area (Å²) in [7, 11) is -3.81. The highest BCUT2D eigenvalue weighted by Crippen LogP contribution is 2.15. The van der Waals surface area contributed by atoms with E-state index in [-0.39, 0.29) is 4.90 Å². The number of para-hydroxylation sites is 1. The number of carbonyl (C=O) groups is 2. The molecule has 8 nitrogen and oxygen atoms in total. The summed E-state index contributed by atoms with van der Waals surface area (Å²) in [5.74, 6) is -0.691. The Labute approximate surface area is 163 Å². The highest BCUT2D eigenvalue weighted by atomic mass is 32.2. The smallest absolute Gasteiger partial charge is 0.348 e. The molecule has 0 aliphatic rings. The van der Waals surface area contributed by atoms with E-state index in [0.29, 0.717) is 17.9 Å². The lowest BCUT2D eigenvalue weighted by Crippen LogP contribution is -2.36. The first kappa shape index (κ1) is 21.4. The van der Waals surface area contributed by atoms with Crippen LogP contribution in [0.4, 0.5) is 5.69 Å². The molecule has 2 aromatic rings. The van der Waals surface area contributed by atoms with Crippen molar-refractivity contribution < 1.29 is 27.5 Å². The monoisotopic (exact) mass is 406 g/mol. The highest BCUT2D eigenvalue weighted by molar-refractivity contribution is 7.89. The van der Waals surface area contributed by atoms with E-state index in [9.17, 15) is 18.0 Å². The van der Waals surface area contributed by atoms with Crippen molar-refractivity contribution in [2.24, 2.45) is 5.14 Å². The predicted octanol–water partition coefficient (Wildman–Crippen LogP) is 2.06. The Hall–Kier alpha value is -2.91. The number of ether oxygens (including phenoxy) is 2. The Morgan fingerprint density at radius 1 is 1.07 bits per heavy atom. The average molecular weight is 406 g/mol. The van der Waals surface area contributed by atoms with Crippen molar-refractivity contribution in [3.63, 3.8) is 0 Å². The fourth-order valence-electron chi connectivity index (χ4n) is 2.24. The maximum Gasteiger partial charge on any atom is 0.348 e. The normalized spacial score (nSPS) is 13.2. The molecule has 2 atom stereocenters. The maximum absolute atomic E-state index is 12.3. The first-order valence-electron chi connectivity index (χ1n) is 8.56. The van der Waals surface area contributed by atoms with Crippen LogP contribution >= 0.6 is 0 Å². The Kier molecular flexibility index (Phi) is 7.13. The molecule has 28 heavy (non-hydrogen) atoms. The van der Waals surface area contributed by atoms with Gasteiger partial charge in [-0.3, -0.25) is 4.79 Å². The van der Waals surface area contributed by atoms with Crippen LogP contribution in [0.25, 0.3) is 0 Å². The molecular weight excluding hydrogens is 384 g/mol. The molecule has 0 aromatic heterocycles. The number of hydrogen-bond donors (Lipinski definition) is 2. The van der Waals surface area contributed by atoms with Crippen LogP contribution in [-0.4, -0.2) is 32.5 Å². The van der Waals surface area contributed by atoms with Crippen molar-refractivity contribution in [1.82, 2.24) is 0 Å². The summed E-state index contributed by atoms with van der Waals surface area (Å²) in [5.41, 5.74) is 0.341. The molecule has 0 bridgehead atoms. The molecule has 0 saturated carbocycles. The molecule has 2 rings (SSSR count). The van der Waals surface area contributed by atoms with E-state index in [4.69, 9.17) is 14.6 Å². The number of nitrogens with one attached hydrogen (secondary N) is 1. The minimum atomic E-state index is -3.81. The van der Waals surface area contributed by atoms with E-state index in [1.165, 1.54) is 31.2 Å². The molecule has 0 saturated heterocycles. The summed E-state index contributed by atoms with van der Waals surface area (Å²) >= 11 is 0. The van der Waals surface area contributed by atoms with Crippen LogP contribution in [0.3, 0.4) is 0 Å². The standard InChI is InChI=1S/C19H22N2O6S/c1-3-17(27-15-7-5-4-6-8-15)19(23)26-13(2)18(22)21-14-9-11-16(12-10-14)28(20,24)25/h4-13,17H,3H2,1-2H3,(H,21,22)(H2,20,24,25)/t13-,17+/m0/s1. The summed E-state index contributed by atoms with van der Waals surface area (Å²) < 4.78 is 33.3. The number of amides is 1. The van der Waals surface area contributed by atoms with Gasteiger partial charge in [0.25, 0.3) is 5.91 Å². The molecule has 3 N–H and O–H groups in total. The number of benzene rings is 2. The van der Waals surface area contributed by atoms with Gasteiger partial charge in [-0.2, -0.15) is 0 Å². The minimum Gasteiger partial charge on any atom is -0.479 e. The van der Waals surface area contributed by atoms with Crippen LogP contribution in [0.15, 0.2) is 59.5 Å². The summed E-state index contributed by atoms with van der Waals surface area (Å²) in [5, 5.41) is 7.56. The van der Waals surface area contributed by atoms with Crippen molar-refractivity contribution in [2.45, 2.75) is 37.4 Å². The molecule has 0 spiro atoms. The summed E-state index contributed by atoms with van der Waals surface area (Å²) in [6.45, 7) is 3.20. The zero-order valence-corrected chi connectivity index (χ0v) is 16.3. The highest BCUT2D eigenvalue weighted by Gasteiger charge is 2.25. The third-order valence-corrected chi connectivity index (χ3v) is 4.70. The molecule has 0 radical (unpaired) electrons. The Morgan fingerprint density at radius 2 is 1.68 bits per heavy atom. The largest absolute Gasteiger partial charge is 0.479 e. The van der Waals surface area contributed by atoms with Gasteiger partial charge in [0.2, 0.25) is 10.0 Å². The zero-order chi connectivity index (χ0) is 20.7. The number of sulfonamides is 1. The van der Waals surface area contributed by atoms with Crippen LogP contribution in [0, 0.1) is 0 Å². The van der Waals surface area contributed by atoms with Gasteiger partial charge in [0.15, 0.2) is 12.2 Å². The van der Waals surface area contributed by atoms with Gasteiger partial charge in [0, 0.05) is 5.69 Å². The Bertz CT molecular complexity index is 913. The van der Waals surface area contributed by atoms with Crippen molar-refractivity contribution in [2.75, 3.05) is 5.32 Å². The molecule has 9 heteroatoms. The second kappa shape index (κ2) is 9.34. The third kappa shape index (κ3) is 6.07. The Balaban J connectivity index is 1.94. The lowest BCUT2D eigenvalue weighted by atomic mass is 10.2. The zero-order valence-electron chi connectivity index (χ0n) is 15.5. The molecule has 150 valence electrons. The van der Waals surface area contributed by atoms with Gasteiger partial charge in [-0.1, -0.05) is 25.1 Å². The van der Waals surface area contributed by atoms with E-state index in [2.05, 4.69) is 5.32 Å². The number of rotatable bonds is 8. The maximum atomic E-state index is 12.3. The van der Waals surface area contributed by atoms with Crippen LogP contribution in [0.5, 0.6) is 5.75 Å². The third-order valence-electron chi connectivity index (χ3n) is 3.77. The molecular formula is C19H22N2O6S. The molecule has 0 aliphatic carbocycles. The van der Waals surface area contributed by atoms with E-state index in [0.717, 1.165) is 0 Å². The second-order valence-electron chi connectivity index (χ2n) is 5.97. The van der Waals surface area contributed by atoms with Gasteiger partial charge in [-0.15, -0.1) is 0 Å². The Morgan fingerprint density at radius 3 is 2.21 bits per heavy atom. The van der Waals surface area contributed by atoms with E-state index in [1.807, 2.05) is 6.07 Å². The summed E-state index contributed by atoms with van der Waals surface area (Å²) in [4.78, 5) is 24.4. The average Bonchev–Trinajstić information content (AvgIpc) is 2.66. The van der Waals surface area contributed by atoms with Crippen molar-refractivity contribution in [3.8, 4) is 5.75 Å². The number of carbonyl (C=O) groups excluding carboxylic acids is 2. The van der Waals surface area contributed by atoms with Crippen LogP contribution in [-0.2, 0) is 24.3 Å². The molecule has 0 unspecified atom stereocenters. The first-order valence-corrected chi connectivity index (χ1v) is 10.1. The quantitative estimate of drug-likeness (QED) is 0.647. The number of nitrogens with two attached hydrogens (primary N) is 1. The van der Waals surface area contributed by atoms with Crippen LogP contribution in [0.2, 0.25) is 0 Å². The fourth-order valence-corrected chi connectivity index (χ4v) is 2.75. The topological polar surface area (TPSA) is 125 Å². The van der Waals surface area contributed by atoms with Gasteiger partial charge in [-0.25, -0.2) is 18.4 Å². The van der Waals surface area contributed by atoms with Crippen LogP contribution in [0.1, 0.15) is 20.3 Å². The van der Waals surface area contributed by atoms with Gasteiger partial charge in [-0.05, 0) is 49.7 Å². The molecule has 0 fully saturated rings. The summed E-state index contributed by atoms with van der Waals surface area (Å²) in [6.07, 6.45) is -1.54. The van der Waals surface area contributed by atoms with Gasteiger partial charge in [0.1, 0.15) is 5.75 Å². The lowest BCUT2D eigenvalue weighted by Gasteiger charge is -2.19. The predicted molar refractivity (Wildman–Crippen MR) is 103 cm³/mol. The molecule has 1 amide bonds. The van der Waals surface area contributed by atoms with Crippen molar-refractivity contribution >= 4 is 27.6 Å². The first-order chi connectivity index (χ1) is 13.2. The van der Waals surface area contributed by atoms with E-state index >= 15 is 0 Å². The molecule has 0 aliphatic heterocycles. The van der Waals surface area contributed by atoms with Gasteiger partial charge < -0.3 is 14.8 Å². The lowest BCUT2D eigenvalue weighted by molar-refractivity contribution is -0.160. The van der Waals surface area contributed by atoms with Crippen molar-refractivity contribution in [1.29, 1.82) is 0 Å². The number of primary sulfonamides is 1. The van der Waals surface area contributed by atoms with Crippen molar-refractivity contribution in [3.05, 3.63) is 54.6 Å². The van der Waals surface area contributed by atoms with Crippen LogP contribution < -0.4 is 15.2 Å². The van der Waals surface area contributed by atoms with E-state index < -0.39 is 34.1 Å². The van der Waals surface area contributed by atoms with E-state index in [1.54, 1.807) is 31.2 Å². The second-order valence-corrected chi connectivity index (χ2v) is 7.53.